The van der Waals surface area contributed by atoms with Gasteiger partial charge < -0.3 is 10.1 Å². The highest BCUT2D eigenvalue weighted by atomic mass is 79.9. The minimum Gasteiger partial charge on any atom is -0.486 e. The molecule has 112 valence electrons. The summed E-state index contributed by atoms with van der Waals surface area (Å²) in [6.45, 7) is 5.10. The van der Waals surface area contributed by atoms with Gasteiger partial charge in [0.2, 0.25) is 0 Å². The number of nitrogens with one attached hydrogen (secondary N) is 1. The maximum atomic E-state index is 5.98. The lowest BCUT2D eigenvalue weighted by molar-refractivity contribution is 0.267. The van der Waals surface area contributed by atoms with Crippen molar-refractivity contribution in [1.82, 2.24) is 15.6 Å². The summed E-state index contributed by atoms with van der Waals surface area (Å²) in [6.07, 6.45) is 2.54. The molecule has 1 fully saturated rings. The van der Waals surface area contributed by atoms with Gasteiger partial charge in [0.15, 0.2) is 0 Å². The van der Waals surface area contributed by atoms with Gasteiger partial charge in [-0.15, -0.1) is 0 Å². The molecule has 0 atom stereocenters. The third-order valence-corrected chi connectivity index (χ3v) is 4.03. The minimum atomic E-state index is 0.369. The normalized spacial score (nSPS) is 14.4. The Labute approximate surface area is 132 Å². The Kier molecular flexibility index (Phi) is 4.26. The molecule has 6 heteroatoms. The second kappa shape index (κ2) is 6.15. The van der Waals surface area contributed by atoms with Gasteiger partial charge in [-0.3, -0.25) is 0 Å². The number of aromatic nitrogens is 2. The van der Waals surface area contributed by atoms with Crippen molar-refractivity contribution < 1.29 is 9.37 Å². The molecular weight excluding hydrogens is 334 g/mol. The maximum Gasteiger partial charge on any atom is 0.145 e. The number of nitrogens with zero attached hydrogens (tertiary/aromatic N) is 2. The molecule has 1 heterocycles. The molecule has 0 spiro atoms. The van der Waals surface area contributed by atoms with E-state index < -0.39 is 0 Å². The van der Waals surface area contributed by atoms with Gasteiger partial charge >= 0.3 is 0 Å². The first-order chi connectivity index (χ1) is 10.1. The van der Waals surface area contributed by atoms with Crippen LogP contribution in [0.5, 0.6) is 5.75 Å². The van der Waals surface area contributed by atoms with E-state index in [0.29, 0.717) is 12.6 Å². The molecule has 1 aliphatic carbocycles. The van der Waals surface area contributed by atoms with Gasteiger partial charge in [-0.2, -0.15) is 0 Å². The molecule has 1 aromatic carbocycles. The third-order valence-electron chi connectivity index (χ3n) is 3.57. The Morgan fingerprint density at radius 3 is 2.81 bits per heavy atom. The van der Waals surface area contributed by atoms with Crippen molar-refractivity contribution in [1.29, 1.82) is 0 Å². The first kappa shape index (κ1) is 14.5. The molecule has 0 radical (unpaired) electrons. The first-order valence-corrected chi connectivity index (χ1v) is 7.86. The Bertz CT molecular complexity index is 638. The molecule has 21 heavy (non-hydrogen) atoms. The number of rotatable bonds is 6. The summed E-state index contributed by atoms with van der Waals surface area (Å²) in [5, 5.41) is 11.2. The van der Waals surface area contributed by atoms with E-state index in [1.54, 1.807) is 0 Å². The van der Waals surface area contributed by atoms with Crippen molar-refractivity contribution in [2.24, 2.45) is 0 Å². The van der Waals surface area contributed by atoms with E-state index in [4.69, 9.17) is 9.37 Å². The second-order valence-electron chi connectivity index (χ2n) is 5.45. The summed E-state index contributed by atoms with van der Waals surface area (Å²) in [4.78, 5) is 0. The smallest absolute Gasteiger partial charge is 0.145 e. The number of hydrogen-bond donors (Lipinski definition) is 1. The van der Waals surface area contributed by atoms with Crippen LogP contribution in [0, 0.1) is 13.8 Å². The zero-order valence-corrected chi connectivity index (χ0v) is 13.7. The third kappa shape index (κ3) is 3.63. The molecule has 1 aliphatic rings. The van der Waals surface area contributed by atoms with Crippen LogP contribution in [0.25, 0.3) is 0 Å². The lowest BCUT2D eigenvalue weighted by atomic mass is 10.1. The van der Waals surface area contributed by atoms with E-state index >= 15 is 0 Å². The van der Waals surface area contributed by atoms with Crippen LogP contribution in [0.15, 0.2) is 21.2 Å². The molecule has 1 saturated carbocycles. The van der Waals surface area contributed by atoms with Crippen LogP contribution < -0.4 is 10.1 Å². The van der Waals surface area contributed by atoms with Crippen LogP contribution >= 0.6 is 15.9 Å². The number of hydrogen-bond acceptors (Lipinski definition) is 5. The van der Waals surface area contributed by atoms with Gasteiger partial charge in [0.1, 0.15) is 23.7 Å². The second-order valence-corrected chi connectivity index (χ2v) is 6.37. The van der Waals surface area contributed by atoms with E-state index in [1.165, 1.54) is 12.8 Å². The molecule has 0 saturated heterocycles. The maximum absolute atomic E-state index is 5.98. The summed E-state index contributed by atoms with van der Waals surface area (Å²) in [5.74, 6) is 0.911. The van der Waals surface area contributed by atoms with Crippen molar-refractivity contribution in [3.05, 3.63) is 39.1 Å². The quantitative estimate of drug-likeness (QED) is 0.865. The Morgan fingerprint density at radius 1 is 1.33 bits per heavy atom. The fourth-order valence-electron chi connectivity index (χ4n) is 2.20. The van der Waals surface area contributed by atoms with Crippen LogP contribution in [0.2, 0.25) is 0 Å². The zero-order chi connectivity index (χ0) is 14.8. The van der Waals surface area contributed by atoms with E-state index in [2.05, 4.69) is 50.6 Å². The highest BCUT2D eigenvalue weighted by molar-refractivity contribution is 9.10. The molecule has 0 unspecified atom stereocenters. The molecule has 0 aliphatic heterocycles. The molecule has 5 nitrogen and oxygen atoms in total. The average Bonchev–Trinajstić information content (AvgIpc) is 3.18. The molecule has 3 rings (SSSR count). The van der Waals surface area contributed by atoms with Crippen LogP contribution in [-0.4, -0.2) is 16.4 Å². The fraction of sp³-hybridized carbons (Fsp3) is 0.467. The molecule has 1 aromatic heterocycles. The number of halogens is 1. The molecule has 2 aromatic rings. The minimum absolute atomic E-state index is 0.369. The zero-order valence-electron chi connectivity index (χ0n) is 12.1. The van der Waals surface area contributed by atoms with Crippen LogP contribution in [0.1, 0.15) is 35.4 Å². The van der Waals surface area contributed by atoms with Gasteiger partial charge in [0.25, 0.3) is 0 Å². The number of ether oxygens (including phenoxy) is 1. The van der Waals surface area contributed by atoms with E-state index in [1.807, 2.05) is 6.92 Å². The van der Waals surface area contributed by atoms with Crippen molar-refractivity contribution in [3.63, 3.8) is 0 Å². The molecule has 0 bridgehead atoms. The van der Waals surface area contributed by atoms with Crippen LogP contribution in [-0.2, 0) is 13.2 Å². The molecule has 0 amide bonds. The highest BCUT2D eigenvalue weighted by Gasteiger charge is 2.21. The summed E-state index contributed by atoms with van der Waals surface area (Å²) in [7, 11) is 0. The molecular formula is C15H18BrN3O2. The number of benzene rings is 1. The topological polar surface area (TPSA) is 60.2 Å². The van der Waals surface area contributed by atoms with Gasteiger partial charge in [0, 0.05) is 22.6 Å². The van der Waals surface area contributed by atoms with Crippen molar-refractivity contribution in [2.45, 2.75) is 45.9 Å². The number of aryl methyl sites for hydroxylation is 2. The van der Waals surface area contributed by atoms with E-state index in [-0.39, 0.29) is 0 Å². The standard InChI is InChI=1S/C15H18BrN3O2/c1-9-5-12(16)6-11(7-17-13-3-4-13)15(9)20-8-14-10(2)18-21-19-14/h5-6,13,17H,3-4,7-8H2,1-2H3. The summed E-state index contributed by atoms with van der Waals surface area (Å²) in [6, 6.07) is 4.83. The monoisotopic (exact) mass is 351 g/mol. The summed E-state index contributed by atoms with van der Waals surface area (Å²) in [5.41, 5.74) is 3.76. The lowest BCUT2D eigenvalue weighted by Crippen LogP contribution is -2.16. The van der Waals surface area contributed by atoms with Gasteiger partial charge in [-0.05, 0) is 44.4 Å². The average molecular weight is 352 g/mol. The van der Waals surface area contributed by atoms with Crippen LogP contribution in [0.4, 0.5) is 0 Å². The largest absolute Gasteiger partial charge is 0.486 e. The highest BCUT2D eigenvalue weighted by Crippen LogP contribution is 2.30. The fourth-order valence-corrected chi connectivity index (χ4v) is 2.82. The van der Waals surface area contributed by atoms with Crippen molar-refractivity contribution >= 4 is 15.9 Å². The van der Waals surface area contributed by atoms with Gasteiger partial charge in [-0.25, -0.2) is 4.63 Å². The van der Waals surface area contributed by atoms with Crippen LogP contribution in [0.3, 0.4) is 0 Å². The van der Waals surface area contributed by atoms with Gasteiger partial charge in [0.05, 0.1) is 0 Å². The lowest BCUT2D eigenvalue weighted by Gasteiger charge is -2.15. The summed E-state index contributed by atoms with van der Waals surface area (Å²) >= 11 is 3.55. The Morgan fingerprint density at radius 2 is 2.14 bits per heavy atom. The summed E-state index contributed by atoms with van der Waals surface area (Å²) < 4.78 is 11.7. The van der Waals surface area contributed by atoms with Crippen molar-refractivity contribution in [2.75, 3.05) is 0 Å². The Hall–Kier alpha value is -1.40. The SMILES string of the molecule is Cc1cc(Br)cc(CNC2CC2)c1OCc1nonc1C. The predicted molar refractivity (Wildman–Crippen MR) is 82.1 cm³/mol. The Balaban J connectivity index is 1.76. The predicted octanol–water partition coefficient (Wildman–Crippen LogP) is 3.28. The molecule has 1 N–H and O–H groups in total. The van der Waals surface area contributed by atoms with Crippen molar-refractivity contribution in [3.8, 4) is 5.75 Å². The first-order valence-electron chi connectivity index (χ1n) is 7.06. The van der Waals surface area contributed by atoms with E-state index in [0.717, 1.165) is 39.3 Å². The van der Waals surface area contributed by atoms with Gasteiger partial charge in [-0.1, -0.05) is 26.2 Å². The van der Waals surface area contributed by atoms with E-state index in [9.17, 15) is 0 Å².